The van der Waals surface area contributed by atoms with Crippen molar-refractivity contribution in [3.63, 3.8) is 0 Å². The maximum absolute atomic E-state index is 11.8. The number of amides is 2. The number of nitrogens with one attached hydrogen (secondary N) is 2. The van der Waals surface area contributed by atoms with Gasteiger partial charge in [0.2, 0.25) is 11.8 Å². The van der Waals surface area contributed by atoms with E-state index in [0.29, 0.717) is 0 Å². The van der Waals surface area contributed by atoms with Crippen molar-refractivity contribution >= 4 is 59.3 Å². The summed E-state index contributed by atoms with van der Waals surface area (Å²) in [7, 11) is 0. The smallest absolute Gasteiger partial charge is 0.326 e. The van der Waals surface area contributed by atoms with Crippen molar-refractivity contribution in [2.45, 2.75) is 38.3 Å². The van der Waals surface area contributed by atoms with Gasteiger partial charge in [-0.15, -0.1) is 0 Å². The molecular weight excluding hydrogens is 311 g/mol. The Morgan fingerprint density at radius 3 is 1.82 bits per heavy atom. The molecule has 2 amide bonds. The monoisotopic (exact) mass is 327 g/mol. The summed E-state index contributed by atoms with van der Waals surface area (Å²) in [6.45, 7) is 1.07. The molecule has 0 aromatic rings. The summed E-state index contributed by atoms with van der Waals surface area (Å²) in [5.74, 6) is -5.72. The molecule has 1 radical (unpaired) electrons. The van der Waals surface area contributed by atoms with Crippen LogP contribution in [0, 0.1) is 0 Å². The van der Waals surface area contributed by atoms with Crippen molar-refractivity contribution < 1.29 is 39.3 Å². The summed E-state index contributed by atoms with van der Waals surface area (Å²) in [6.07, 6.45) is -1.58. The number of hydrogen-bond acceptors (Lipinski definition) is 5. The Balaban J connectivity index is 0. The van der Waals surface area contributed by atoms with Crippen LogP contribution in [0.25, 0.3) is 0 Å². The zero-order chi connectivity index (χ0) is 16.6. The molecule has 0 rings (SSSR count). The summed E-state index contributed by atoms with van der Waals surface area (Å²) in [4.78, 5) is 54.6. The van der Waals surface area contributed by atoms with Gasteiger partial charge in [-0.1, -0.05) is 0 Å². The van der Waals surface area contributed by atoms with Crippen LogP contribution in [0.2, 0.25) is 0 Å². The largest absolute Gasteiger partial charge is 0.481 e. The van der Waals surface area contributed by atoms with Gasteiger partial charge in [0.05, 0.1) is 6.42 Å². The molecule has 119 valence electrons. The minimum Gasteiger partial charge on any atom is -0.481 e. The van der Waals surface area contributed by atoms with Crippen molar-refractivity contribution in [2.24, 2.45) is 0 Å². The molecule has 10 nitrogen and oxygen atoms in total. The minimum absolute atomic E-state index is 0. The molecule has 0 aliphatic rings. The van der Waals surface area contributed by atoms with E-state index in [4.69, 9.17) is 15.3 Å². The van der Waals surface area contributed by atoms with E-state index >= 15 is 0 Å². The molecular formula is C11H16N2NaO8. The standard InChI is InChI=1S/C11H16N2O8.Na/c1-5(14)12-7(4-9(17)18)10(19)13-6(11(20)21)2-3-8(15)16;/h6-7H,2-4H2,1H3,(H,12,14)(H,13,19)(H,15,16)(H,17,18)(H,20,21);/t6-,7-;/m0./s1. The average Bonchev–Trinajstić information content (AvgIpc) is 2.31. The Labute approximate surface area is 147 Å². The Kier molecular flexibility index (Phi) is 11.3. The average molecular weight is 327 g/mol. The predicted octanol–water partition coefficient (Wildman–Crippen LogP) is -1.98. The minimum atomic E-state index is -1.49. The molecule has 0 heterocycles. The number of carbonyl (C=O) groups excluding carboxylic acids is 2. The Morgan fingerprint density at radius 2 is 1.45 bits per heavy atom. The Morgan fingerprint density at radius 1 is 0.909 bits per heavy atom. The summed E-state index contributed by atoms with van der Waals surface area (Å²) in [6, 6.07) is -2.93. The number of carboxylic acid groups (broad SMARTS) is 3. The van der Waals surface area contributed by atoms with Crippen LogP contribution < -0.4 is 10.6 Å². The first kappa shape index (κ1) is 22.6. The third-order valence-corrected chi connectivity index (χ3v) is 2.33. The number of aliphatic carboxylic acids is 3. The maximum atomic E-state index is 11.8. The summed E-state index contributed by atoms with van der Waals surface area (Å²) >= 11 is 0. The van der Waals surface area contributed by atoms with E-state index in [0.717, 1.165) is 6.92 Å². The number of rotatable bonds is 9. The van der Waals surface area contributed by atoms with Crippen molar-refractivity contribution in [3.8, 4) is 0 Å². The quantitative estimate of drug-likeness (QED) is 0.303. The second-order valence-corrected chi connectivity index (χ2v) is 4.18. The first-order chi connectivity index (χ1) is 9.63. The molecule has 0 saturated carbocycles. The van der Waals surface area contributed by atoms with E-state index in [1.165, 1.54) is 0 Å². The van der Waals surface area contributed by atoms with Gasteiger partial charge in [-0.25, -0.2) is 4.79 Å². The topological polar surface area (TPSA) is 170 Å². The SMILES string of the molecule is CC(=O)N[C@@H](CC(=O)O)C(=O)N[C@@H](CCC(=O)O)C(=O)O.[Na]. The van der Waals surface area contributed by atoms with Gasteiger partial charge in [-0.3, -0.25) is 19.2 Å². The van der Waals surface area contributed by atoms with E-state index < -0.39 is 54.6 Å². The van der Waals surface area contributed by atoms with Crippen molar-refractivity contribution in [1.29, 1.82) is 0 Å². The molecule has 0 unspecified atom stereocenters. The summed E-state index contributed by atoms with van der Waals surface area (Å²) in [5.41, 5.74) is 0. The van der Waals surface area contributed by atoms with Crippen LogP contribution in [-0.2, 0) is 24.0 Å². The molecule has 22 heavy (non-hydrogen) atoms. The molecule has 0 fully saturated rings. The van der Waals surface area contributed by atoms with E-state index in [2.05, 4.69) is 5.32 Å². The van der Waals surface area contributed by atoms with Gasteiger partial charge in [-0.05, 0) is 6.42 Å². The molecule has 0 bridgehead atoms. The normalized spacial score (nSPS) is 12.2. The second-order valence-electron chi connectivity index (χ2n) is 4.18. The Bertz CT molecular complexity index is 437. The molecule has 0 saturated heterocycles. The van der Waals surface area contributed by atoms with E-state index in [1.807, 2.05) is 5.32 Å². The molecule has 0 aliphatic carbocycles. The zero-order valence-electron chi connectivity index (χ0n) is 12.2. The van der Waals surface area contributed by atoms with Crippen LogP contribution >= 0.6 is 0 Å². The van der Waals surface area contributed by atoms with Crippen LogP contribution in [0.15, 0.2) is 0 Å². The van der Waals surface area contributed by atoms with Crippen molar-refractivity contribution in [1.82, 2.24) is 10.6 Å². The summed E-state index contributed by atoms with van der Waals surface area (Å²) in [5, 5.41) is 30.1. The third-order valence-electron chi connectivity index (χ3n) is 2.33. The third kappa shape index (κ3) is 10.1. The van der Waals surface area contributed by atoms with Gasteiger partial charge in [0, 0.05) is 42.9 Å². The van der Waals surface area contributed by atoms with Crippen LogP contribution in [-0.4, -0.2) is 86.7 Å². The molecule has 0 spiro atoms. The van der Waals surface area contributed by atoms with Gasteiger partial charge >= 0.3 is 17.9 Å². The Hall–Kier alpha value is -1.65. The van der Waals surface area contributed by atoms with E-state index in [1.54, 1.807) is 0 Å². The fraction of sp³-hybridized carbons (Fsp3) is 0.545. The number of carbonyl (C=O) groups is 5. The van der Waals surface area contributed by atoms with Gasteiger partial charge < -0.3 is 26.0 Å². The molecule has 0 aromatic carbocycles. The number of carboxylic acids is 3. The van der Waals surface area contributed by atoms with E-state index in [-0.39, 0.29) is 36.0 Å². The first-order valence-electron chi connectivity index (χ1n) is 5.87. The van der Waals surface area contributed by atoms with Crippen molar-refractivity contribution in [2.75, 3.05) is 0 Å². The second kappa shape index (κ2) is 11.0. The zero-order valence-corrected chi connectivity index (χ0v) is 14.2. The van der Waals surface area contributed by atoms with Crippen molar-refractivity contribution in [3.05, 3.63) is 0 Å². The van der Waals surface area contributed by atoms with Gasteiger partial charge in [0.25, 0.3) is 0 Å². The summed E-state index contributed by atoms with van der Waals surface area (Å²) < 4.78 is 0. The molecule has 5 N–H and O–H groups in total. The van der Waals surface area contributed by atoms with Gasteiger partial charge in [-0.2, -0.15) is 0 Å². The van der Waals surface area contributed by atoms with Crippen LogP contribution in [0.3, 0.4) is 0 Å². The fourth-order valence-corrected chi connectivity index (χ4v) is 1.43. The predicted molar refractivity (Wildman–Crippen MR) is 72.0 cm³/mol. The van der Waals surface area contributed by atoms with E-state index in [9.17, 15) is 24.0 Å². The van der Waals surface area contributed by atoms with Crippen LogP contribution in [0.5, 0.6) is 0 Å². The van der Waals surface area contributed by atoms with Gasteiger partial charge in [0.1, 0.15) is 12.1 Å². The first-order valence-corrected chi connectivity index (χ1v) is 5.87. The fourth-order valence-electron chi connectivity index (χ4n) is 1.43. The van der Waals surface area contributed by atoms with Crippen LogP contribution in [0.1, 0.15) is 26.2 Å². The maximum Gasteiger partial charge on any atom is 0.326 e. The molecule has 11 heteroatoms. The van der Waals surface area contributed by atoms with Gasteiger partial charge in [0.15, 0.2) is 0 Å². The molecule has 2 atom stereocenters. The van der Waals surface area contributed by atoms with Crippen LogP contribution in [0.4, 0.5) is 0 Å². The molecule has 0 aromatic heterocycles. The molecule has 0 aliphatic heterocycles. The number of hydrogen-bond donors (Lipinski definition) is 5.